The average Bonchev–Trinajstić information content (AvgIpc) is 2.94. The summed E-state index contributed by atoms with van der Waals surface area (Å²) in [6.45, 7) is 0.575. The van der Waals surface area contributed by atoms with Gasteiger partial charge in [0.1, 0.15) is 5.02 Å². The number of rotatable bonds is 5. The monoisotopic (exact) mass is 371 g/mol. The lowest BCUT2D eigenvalue weighted by atomic mass is 10.2. The Hall–Kier alpha value is -2.56. The summed E-state index contributed by atoms with van der Waals surface area (Å²) in [6.07, 6.45) is 4.72. The molecule has 0 unspecified atom stereocenters. The number of carbonyl (C=O) groups is 1. The van der Waals surface area contributed by atoms with Crippen LogP contribution in [-0.2, 0) is 11.3 Å². The van der Waals surface area contributed by atoms with Crippen molar-refractivity contribution in [1.29, 1.82) is 0 Å². The van der Waals surface area contributed by atoms with Gasteiger partial charge in [-0.2, -0.15) is 5.10 Å². The minimum absolute atomic E-state index is 0.325. The van der Waals surface area contributed by atoms with Gasteiger partial charge in [0.05, 0.1) is 6.54 Å². The van der Waals surface area contributed by atoms with Crippen molar-refractivity contribution < 1.29 is 4.79 Å². The molecule has 6 heteroatoms. The molecular weight excluding hydrogens is 357 g/mol. The summed E-state index contributed by atoms with van der Waals surface area (Å²) in [5, 5.41) is 7.95. The number of aromatic nitrogens is 2. The number of benzene rings is 2. The van der Waals surface area contributed by atoms with E-state index in [4.69, 9.17) is 23.2 Å². The van der Waals surface area contributed by atoms with Crippen molar-refractivity contribution in [2.45, 2.75) is 6.54 Å². The minimum atomic E-state index is -0.327. The van der Waals surface area contributed by atoms with Crippen molar-refractivity contribution in [3.63, 3.8) is 0 Å². The van der Waals surface area contributed by atoms with Gasteiger partial charge in [-0.1, -0.05) is 71.7 Å². The highest BCUT2D eigenvalue weighted by Gasteiger charge is 2.09. The van der Waals surface area contributed by atoms with E-state index in [0.29, 0.717) is 22.4 Å². The van der Waals surface area contributed by atoms with Gasteiger partial charge in [-0.3, -0.25) is 9.48 Å². The lowest BCUT2D eigenvalue weighted by Gasteiger charge is -2.01. The molecule has 0 fully saturated rings. The Balaban J connectivity index is 1.66. The van der Waals surface area contributed by atoms with Crippen LogP contribution in [0.25, 0.3) is 6.08 Å². The lowest BCUT2D eigenvalue weighted by Crippen LogP contribution is -2.09. The van der Waals surface area contributed by atoms with E-state index in [0.717, 1.165) is 11.1 Å². The molecule has 0 radical (unpaired) electrons. The molecular formula is C19H15Cl2N3O. The summed E-state index contributed by atoms with van der Waals surface area (Å²) in [4.78, 5) is 12.1. The highest BCUT2D eigenvalue weighted by atomic mass is 35.5. The van der Waals surface area contributed by atoms with Crippen LogP contribution in [0.5, 0.6) is 0 Å². The first-order valence-electron chi connectivity index (χ1n) is 7.62. The van der Waals surface area contributed by atoms with Gasteiger partial charge in [-0.05, 0) is 23.3 Å². The summed E-state index contributed by atoms with van der Waals surface area (Å²) in [5.74, 6) is -0.00168. The summed E-state index contributed by atoms with van der Waals surface area (Å²) in [7, 11) is 0. The topological polar surface area (TPSA) is 46.9 Å². The molecule has 0 spiro atoms. The molecule has 0 aliphatic rings. The average molecular weight is 372 g/mol. The van der Waals surface area contributed by atoms with Crippen LogP contribution in [0.3, 0.4) is 0 Å². The SMILES string of the molecule is O=C(/C=C/c1ccccc1Cl)Nc1nn(Cc2ccccc2)cc1Cl. The maximum atomic E-state index is 12.1. The largest absolute Gasteiger partial charge is 0.304 e. The van der Waals surface area contributed by atoms with Gasteiger partial charge in [0.15, 0.2) is 5.82 Å². The predicted molar refractivity (Wildman–Crippen MR) is 102 cm³/mol. The number of halogens is 2. The zero-order chi connectivity index (χ0) is 17.6. The quantitative estimate of drug-likeness (QED) is 0.649. The number of amides is 1. The van der Waals surface area contributed by atoms with E-state index in [1.807, 2.05) is 48.5 Å². The molecule has 0 saturated heterocycles. The van der Waals surface area contributed by atoms with Crippen LogP contribution in [0.1, 0.15) is 11.1 Å². The van der Waals surface area contributed by atoms with Gasteiger partial charge in [0, 0.05) is 17.3 Å². The van der Waals surface area contributed by atoms with E-state index in [2.05, 4.69) is 10.4 Å². The Morgan fingerprint density at radius 2 is 1.76 bits per heavy atom. The molecule has 1 aromatic heterocycles. The van der Waals surface area contributed by atoms with E-state index >= 15 is 0 Å². The van der Waals surface area contributed by atoms with Crippen LogP contribution in [0.15, 0.2) is 66.9 Å². The first-order valence-corrected chi connectivity index (χ1v) is 8.38. The van der Waals surface area contributed by atoms with Crippen molar-refractivity contribution in [2.75, 3.05) is 5.32 Å². The molecule has 4 nitrogen and oxygen atoms in total. The van der Waals surface area contributed by atoms with Crippen molar-refractivity contribution in [3.8, 4) is 0 Å². The second kappa shape index (κ2) is 8.01. The fourth-order valence-electron chi connectivity index (χ4n) is 2.27. The molecule has 3 rings (SSSR count). The number of nitrogens with one attached hydrogen (secondary N) is 1. The van der Waals surface area contributed by atoms with Crippen LogP contribution in [-0.4, -0.2) is 15.7 Å². The van der Waals surface area contributed by atoms with E-state index in [1.165, 1.54) is 6.08 Å². The predicted octanol–water partition coefficient (Wildman–Crippen LogP) is 4.89. The summed E-state index contributed by atoms with van der Waals surface area (Å²) in [6, 6.07) is 17.2. The zero-order valence-corrected chi connectivity index (χ0v) is 14.7. The van der Waals surface area contributed by atoms with Gasteiger partial charge in [-0.25, -0.2) is 0 Å². The third kappa shape index (κ3) is 4.72. The molecule has 3 aromatic rings. The number of carbonyl (C=O) groups excluding carboxylic acids is 1. The van der Waals surface area contributed by atoms with Gasteiger partial charge < -0.3 is 5.32 Å². The molecule has 0 atom stereocenters. The van der Waals surface area contributed by atoms with E-state index in [9.17, 15) is 4.79 Å². The van der Waals surface area contributed by atoms with Gasteiger partial charge in [0.2, 0.25) is 5.91 Å². The number of hydrogen-bond acceptors (Lipinski definition) is 2. The second-order valence-electron chi connectivity index (χ2n) is 5.35. The molecule has 0 bridgehead atoms. The smallest absolute Gasteiger partial charge is 0.249 e. The Kier molecular flexibility index (Phi) is 5.53. The van der Waals surface area contributed by atoms with E-state index in [1.54, 1.807) is 23.0 Å². The zero-order valence-electron chi connectivity index (χ0n) is 13.2. The Morgan fingerprint density at radius 1 is 1.04 bits per heavy atom. The maximum Gasteiger partial charge on any atom is 0.249 e. The maximum absolute atomic E-state index is 12.1. The van der Waals surface area contributed by atoms with Crippen LogP contribution in [0, 0.1) is 0 Å². The van der Waals surface area contributed by atoms with Crippen LogP contribution in [0.4, 0.5) is 5.82 Å². The van der Waals surface area contributed by atoms with Gasteiger partial charge in [-0.15, -0.1) is 0 Å². The Morgan fingerprint density at radius 3 is 2.52 bits per heavy atom. The Labute approximate surface area is 155 Å². The van der Waals surface area contributed by atoms with Crippen LogP contribution in [0.2, 0.25) is 10.0 Å². The van der Waals surface area contributed by atoms with E-state index in [-0.39, 0.29) is 5.91 Å². The third-order valence-electron chi connectivity index (χ3n) is 3.47. The molecule has 126 valence electrons. The normalized spacial score (nSPS) is 11.0. The molecule has 2 aromatic carbocycles. The summed E-state index contributed by atoms with van der Waals surface area (Å²) >= 11 is 12.2. The fourth-order valence-corrected chi connectivity index (χ4v) is 2.66. The molecule has 1 amide bonds. The molecule has 0 aliphatic carbocycles. The first kappa shape index (κ1) is 17.3. The number of hydrogen-bond donors (Lipinski definition) is 1. The Bertz CT molecular complexity index is 904. The van der Waals surface area contributed by atoms with Gasteiger partial charge in [0.25, 0.3) is 0 Å². The van der Waals surface area contributed by atoms with Gasteiger partial charge >= 0.3 is 0 Å². The van der Waals surface area contributed by atoms with Crippen molar-refractivity contribution >= 4 is 41.0 Å². The number of nitrogens with zero attached hydrogens (tertiary/aromatic N) is 2. The molecule has 1 N–H and O–H groups in total. The second-order valence-corrected chi connectivity index (χ2v) is 6.17. The van der Waals surface area contributed by atoms with E-state index < -0.39 is 0 Å². The summed E-state index contributed by atoms with van der Waals surface area (Å²) in [5.41, 5.74) is 1.86. The van der Waals surface area contributed by atoms with Crippen molar-refractivity contribution in [2.24, 2.45) is 0 Å². The van der Waals surface area contributed by atoms with Crippen molar-refractivity contribution in [1.82, 2.24) is 9.78 Å². The molecule has 0 aliphatic heterocycles. The number of anilines is 1. The van der Waals surface area contributed by atoms with Crippen LogP contribution < -0.4 is 5.32 Å². The molecule has 1 heterocycles. The molecule has 25 heavy (non-hydrogen) atoms. The summed E-state index contributed by atoms with van der Waals surface area (Å²) < 4.78 is 1.69. The molecule has 0 saturated carbocycles. The van der Waals surface area contributed by atoms with Crippen LogP contribution >= 0.6 is 23.2 Å². The highest BCUT2D eigenvalue weighted by Crippen LogP contribution is 2.20. The van der Waals surface area contributed by atoms with Crippen molar-refractivity contribution in [3.05, 3.63) is 88.0 Å². The fraction of sp³-hybridized carbons (Fsp3) is 0.0526. The standard InChI is InChI=1S/C19H15Cl2N3O/c20-16-9-5-4-8-15(16)10-11-18(25)22-19-17(21)13-24(23-19)12-14-6-2-1-3-7-14/h1-11,13H,12H2,(H,22,23,25)/b11-10+. The highest BCUT2D eigenvalue weighted by molar-refractivity contribution is 6.33. The third-order valence-corrected chi connectivity index (χ3v) is 4.09. The lowest BCUT2D eigenvalue weighted by molar-refractivity contribution is -0.111. The minimum Gasteiger partial charge on any atom is -0.304 e. The first-order chi connectivity index (χ1) is 12.1.